The maximum atomic E-state index is 9.71. The second-order valence-electron chi connectivity index (χ2n) is 10.3. The van der Waals surface area contributed by atoms with Crippen molar-refractivity contribution in [3.63, 3.8) is 0 Å². The SMILES string of the molecule is COc1cc([C@@H](O[Si](C)(C)C(C)(C)C)[C@H](CC#N)CCCc2ccccc2)cc(OC)c1C. The fourth-order valence-electron chi connectivity index (χ4n) is 3.89. The summed E-state index contributed by atoms with van der Waals surface area (Å²) >= 11 is 0. The van der Waals surface area contributed by atoms with Crippen LogP contribution in [0.3, 0.4) is 0 Å². The van der Waals surface area contributed by atoms with Crippen LogP contribution in [0.2, 0.25) is 18.1 Å². The molecule has 2 rings (SSSR count). The number of nitrogens with zero attached hydrogens (tertiary/aromatic N) is 1. The van der Waals surface area contributed by atoms with Crippen molar-refractivity contribution in [2.75, 3.05) is 14.2 Å². The van der Waals surface area contributed by atoms with Crippen LogP contribution in [0.25, 0.3) is 0 Å². The summed E-state index contributed by atoms with van der Waals surface area (Å²) < 4.78 is 18.4. The molecule has 0 saturated carbocycles. The van der Waals surface area contributed by atoms with Crippen molar-refractivity contribution in [1.29, 1.82) is 5.26 Å². The van der Waals surface area contributed by atoms with E-state index in [1.54, 1.807) is 14.2 Å². The number of hydrogen-bond donors (Lipinski definition) is 0. The second-order valence-corrected chi connectivity index (χ2v) is 15.1. The highest BCUT2D eigenvalue weighted by Gasteiger charge is 2.41. The van der Waals surface area contributed by atoms with Gasteiger partial charge in [-0.25, -0.2) is 0 Å². The first-order valence-electron chi connectivity index (χ1n) is 11.8. The number of benzene rings is 2. The normalized spacial score (nSPS) is 13.8. The zero-order valence-corrected chi connectivity index (χ0v) is 22.7. The van der Waals surface area contributed by atoms with Gasteiger partial charge in [-0.15, -0.1) is 0 Å². The molecule has 5 heteroatoms. The Hall–Kier alpha value is -2.29. The van der Waals surface area contributed by atoms with Gasteiger partial charge in [-0.3, -0.25) is 0 Å². The van der Waals surface area contributed by atoms with Crippen molar-refractivity contribution in [2.45, 2.75) is 77.6 Å². The molecule has 0 unspecified atom stereocenters. The molecule has 0 fully saturated rings. The molecule has 0 spiro atoms. The minimum Gasteiger partial charge on any atom is -0.496 e. The highest BCUT2D eigenvalue weighted by atomic mass is 28.4. The van der Waals surface area contributed by atoms with Gasteiger partial charge in [-0.05, 0) is 67.6 Å². The number of aryl methyl sites for hydroxylation is 1. The van der Waals surface area contributed by atoms with Gasteiger partial charge in [-0.2, -0.15) is 5.26 Å². The average Bonchev–Trinajstić information content (AvgIpc) is 2.77. The van der Waals surface area contributed by atoms with Gasteiger partial charge in [0.2, 0.25) is 0 Å². The summed E-state index contributed by atoms with van der Waals surface area (Å²) in [6.07, 6.45) is 3.18. The predicted molar refractivity (Wildman–Crippen MR) is 138 cm³/mol. The van der Waals surface area contributed by atoms with Crippen molar-refractivity contribution < 1.29 is 13.9 Å². The standard InChI is InChI=1S/C28H41NO3Si/c1-21-25(30-5)19-24(20-26(21)31-6)27(32-33(7,8)28(2,3)4)23(17-18-29)16-12-15-22-13-10-9-11-14-22/h9-11,13-14,19-20,23,27H,12,15-17H2,1-8H3/t23-,27-/m0/s1. The first-order chi connectivity index (χ1) is 15.5. The molecule has 33 heavy (non-hydrogen) atoms. The third kappa shape index (κ3) is 7.09. The Morgan fingerprint density at radius 1 is 1.00 bits per heavy atom. The van der Waals surface area contributed by atoms with Crippen LogP contribution in [0.4, 0.5) is 0 Å². The number of hydrogen-bond acceptors (Lipinski definition) is 4. The van der Waals surface area contributed by atoms with Gasteiger partial charge in [0, 0.05) is 17.9 Å². The molecular weight excluding hydrogens is 426 g/mol. The van der Waals surface area contributed by atoms with Crippen LogP contribution in [0.5, 0.6) is 11.5 Å². The van der Waals surface area contributed by atoms with Crippen molar-refractivity contribution in [1.82, 2.24) is 0 Å². The predicted octanol–water partition coefficient (Wildman–Crippen LogP) is 7.63. The third-order valence-corrected chi connectivity index (χ3v) is 11.5. The maximum Gasteiger partial charge on any atom is 0.192 e. The molecule has 2 atom stereocenters. The minimum atomic E-state index is -2.11. The topological polar surface area (TPSA) is 51.5 Å². The number of rotatable bonds is 11. The van der Waals surface area contributed by atoms with Gasteiger partial charge in [-0.1, -0.05) is 51.1 Å². The van der Waals surface area contributed by atoms with E-state index in [1.165, 1.54) is 5.56 Å². The fourth-order valence-corrected chi connectivity index (χ4v) is 5.21. The zero-order valence-electron chi connectivity index (χ0n) is 21.7. The van der Waals surface area contributed by atoms with Crippen molar-refractivity contribution in [2.24, 2.45) is 5.92 Å². The summed E-state index contributed by atoms with van der Waals surface area (Å²) in [5.74, 6) is 1.66. The van der Waals surface area contributed by atoms with Gasteiger partial charge in [0.15, 0.2) is 8.32 Å². The van der Waals surface area contributed by atoms with E-state index in [-0.39, 0.29) is 17.1 Å². The second kappa shape index (κ2) is 11.7. The Balaban J connectivity index is 2.44. The lowest BCUT2D eigenvalue weighted by atomic mass is 9.87. The number of ether oxygens (including phenoxy) is 2. The Bertz CT molecular complexity index is 903. The Morgan fingerprint density at radius 2 is 1.58 bits per heavy atom. The first kappa shape index (κ1) is 27.0. The molecule has 4 nitrogen and oxygen atoms in total. The summed E-state index contributed by atoms with van der Waals surface area (Å²) in [6, 6.07) is 17.1. The molecule has 0 amide bonds. The lowest BCUT2D eigenvalue weighted by Gasteiger charge is -2.41. The smallest absolute Gasteiger partial charge is 0.192 e. The summed E-state index contributed by atoms with van der Waals surface area (Å²) in [5, 5.41) is 9.77. The van der Waals surface area contributed by atoms with E-state index in [0.29, 0.717) is 6.42 Å². The summed E-state index contributed by atoms with van der Waals surface area (Å²) in [4.78, 5) is 0. The largest absolute Gasteiger partial charge is 0.496 e. The molecule has 0 aliphatic heterocycles. The summed E-state index contributed by atoms with van der Waals surface area (Å²) in [6.45, 7) is 13.3. The van der Waals surface area contributed by atoms with Crippen LogP contribution in [0.15, 0.2) is 42.5 Å². The Morgan fingerprint density at radius 3 is 2.06 bits per heavy atom. The van der Waals surface area contributed by atoms with Gasteiger partial charge in [0.05, 0.1) is 26.4 Å². The summed E-state index contributed by atoms with van der Waals surface area (Å²) in [7, 11) is 1.26. The van der Waals surface area contributed by atoms with E-state index in [1.807, 2.05) is 13.0 Å². The van der Waals surface area contributed by atoms with Crippen LogP contribution < -0.4 is 9.47 Å². The Kier molecular flexibility index (Phi) is 9.57. The molecular formula is C28H41NO3Si. The molecule has 0 aromatic heterocycles. The van der Waals surface area contributed by atoms with Crippen molar-refractivity contribution in [3.05, 3.63) is 59.2 Å². The van der Waals surface area contributed by atoms with Gasteiger partial charge < -0.3 is 13.9 Å². The molecule has 2 aromatic carbocycles. The third-order valence-electron chi connectivity index (χ3n) is 7.00. The van der Waals surface area contributed by atoms with E-state index < -0.39 is 8.32 Å². The van der Waals surface area contributed by atoms with E-state index in [2.05, 4.69) is 76.3 Å². The summed E-state index contributed by atoms with van der Waals surface area (Å²) in [5.41, 5.74) is 3.32. The van der Waals surface area contributed by atoms with Gasteiger partial charge in [0.25, 0.3) is 0 Å². The highest BCUT2D eigenvalue weighted by Crippen LogP contribution is 2.45. The molecule has 0 N–H and O–H groups in total. The average molecular weight is 468 g/mol. The van der Waals surface area contributed by atoms with E-state index in [9.17, 15) is 5.26 Å². The van der Waals surface area contributed by atoms with E-state index in [0.717, 1.165) is 41.9 Å². The lowest BCUT2D eigenvalue weighted by molar-refractivity contribution is 0.112. The number of methoxy groups -OCH3 is 2. The van der Waals surface area contributed by atoms with Crippen LogP contribution in [-0.4, -0.2) is 22.5 Å². The van der Waals surface area contributed by atoms with Crippen molar-refractivity contribution in [3.8, 4) is 17.6 Å². The maximum absolute atomic E-state index is 9.71. The fraction of sp³-hybridized carbons (Fsp3) is 0.536. The molecule has 0 saturated heterocycles. The Labute approximate surface area is 202 Å². The quantitative estimate of drug-likeness (QED) is 0.319. The number of nitriles is 1. The molecule has 0 aliphatic rings. The molecule has 180 valence electrons. The van der Waals surface area contributed by atoms with E-state index in [4.69, 9.17) is 13.9 Å². The van der Waals surface area contributed by atoms with Crippen molar-refractivity contribution >= 4 is 8.32 Å². The van der Waals surface area contributed by atoms with Gasteiger partial charge in [0.1, 0.15) is 11.5 Å². The molecule has 0 radical (unpaired) electrons. The molecule has 0 aliphatic carbocycles. The van der Waals surface area contributed by atoms with Crippen LogP contribution >= 0.6 is 0 Å². The van der Waals surface area contributed by atoms with Gasteiger partial charge >= 0.3 is 0 Å². The zero-order chi connectivity index (χ0) is 24.6. The van der Waals surface area contributed by atoms with Crippen LogP contribution in [-0.2, 0) is 10.8 Å². The molecule has 0 heterocycles. The van der Waals surface area contributed by atoms with Crippen LogP contribution in [0, 0.1) is 24.2 Å². The molecule has 0 bridgehead atoms. The van der Waals surface area contributed by atoms with Crippen LogP contribution in [0.1, 0.15) is 62.8 Å². The molecule has 2 aromatic rings. The van der Waals surface area contributed by atoms with E-state index >= 15 is 0 Å². The first-order valence-corrected chi connectivity index (χ1v) is 14.8. The highest BCUT2D eigenvalue weighted by molar-refractivity contribution is 6.74. The monoisotopic (exact) mass is 467 g/mol. The minimum absolute atomic E-state index is 0.0609. The lowest BCUT2D eigenvalue weighted by Crippen LogP contribution is -2.43.